The number of nitrogens with one attached hydrogen (secondary N) is 1. The van der Waals surface area contributed by atoms with Crippen molar-refractivity contribution in [1.29, 1.82) is 0 Å². The number of amides is 1. The molecule has 4 rings (SSSR count). The van der Waals surface area contributed by atoms with Crippen LogP contribution < -0.4 is 5.32 Å². The molecular formula is C22H22ClFN4O4S. The molecule has 0 spiro atoms. The van der Waals surface area contributed by atoms with E-state index in [-0.39, 0.29) is 34.7 Å². The van der Waals surface area contributed by atoms with E-state index in [4.69, 9.17) is 16.1 Å². The fraction of sp³-hybridized carbons (Fsp3) is 0.318. The quantitative estimate of drug-likeness (QED) is 0.572. The van der Waals surface area contributed by atoms with Crippen LogP contribution in [0.15, 0.2) is 45.8 Å². The first-order chi connectivity index (χ1) is 15.6. The predicted octanol–water partition coefficient (Wildman–Crippen LogP) is 4.19. The number of benzene rings is 2. The topological polar surface area (TPSA) is 105 Å². The lowest BCUT2D eigenvalue weighted by Gasteiger charge is -2.31. The number of piperidine rings is 1. The zero-order valence-corrected chi connectivity index (χ0v) is 19.6. The maximum absolute atomic E-state index is 13.8. The molecule has 2 heterocycles. The molecule has 1 aliphatic rings. The average molecular weight is 493 g/mol. The van der Waals surface area contributed by atoms with E-state index in [2.05, 4.69) is 15.5 Å². The second-order valence-corrected chi connectivity index (χ2v) is 10.3. The lowest BCUT2D eigenvalue weighted by Crippen LogP contribution is -2.43. The smallest absolute Gasteiger partial charge is 0.244 e. The van der Waals surface area contributed by atoms with Gasteiger partial charge in [0, 0.05) is 31.3 Å². The van der Waals surface area contributed by atoms with Crippen LogP contribution in [0, 0.1) is 25.6 Å². The van der Waals surface area contributed by atoms with Crippen LogP contribution >= 0.6 is 11.6 Å². The molecule has 0 saturated carbocycles. The normalized spacial score (nSPS) is 17.2. The van der Waals surface area contributed by atoms with E-state index in [0.717, 1.165) is 0 Å². The van der Waals surface area contributed by atoms with E-state index in [1.807, 2.05) is 0 Å². The Hall–Kier alpha value is -2.82. The maximum Gasteiger partial charge on any atom is 0.244 e. The number of hydrogen-bond acceptors (Lipinski definition) is 6. The van der Waals surface area contributed by atoms with Gasteiger partial charge < -0.3 is 9.84 Å². The molecule has 3 aromatic rings. The van der Waals surface area contributed by atoms with Crippen molar-refractivity contribution in [3.05, 3.63) is 58.7 Å². The molecule has 1 amide bonds. The lowest BCUT2D eigenvalue weighted by molar-refractivity contribution is -0.120. The van der Waals surface area contributed by atoms with Crippen molar-refractivity contribution in [2.45, 2.75) is 31.6 Å². The summed E-state index contributed by atoms with van der Waals surface area (Å²) in [6, 6.07) is 8.91. The van der Waals surface area contributed by atoms with Crippen LogP contribution in [0.3, 0.4) is 0 Å². The molecule has 174 valence electrons. The molecule has 1 atom stereocenters. The van der Waals surface area contributed by atoms with Crippen LogP contribution in [-0.4, -0.2) is 41.9 Å². The van der Waals surface area contributed by atoms with Crippen molar-refractivity contribution in [2.24, 2.45) is 5.92 Å². The van der Waals surface area contributed by atoms with Gasteiger partial charge in [-0.3, -0.25) is 4.79 Å². The number of halogens is 2. The van der Waals surface area contributed by atoms with E-state index in [9.17, 15) is 17.6 Å². The Morgan fingerprint density at radius 3 is 2.73 bits per heavy atom. The van der Waals surface area contributed by atoms with Crippen molar-refractivity contribution < 1.29 is 22.1 Å². The first-order valence-corrected chi connectivity index (χ1v) is 12.1. The average Bonchev–Trinajstić information content (AvgIpc) is 3.23. The number of rotatable bonds is 5. The summed E-state index contributed by atoms with van der Waals surface area (Å²) >= 11 is 6.24. The Kier molecular flexibility index (Phi) is 6.51. The monoisotopic (exact) mass is 492 g/mol. The van der Waals surface area contributed by atoms with Gasteiger partial charge in [0.05, 0.1) is 10.9 Å². The summed E-state index contributed by atoms with van der Waals surface area (Å²) in [5, 5.41) is 6.56. The van der Waals surface area contributed by atoms with Gasteiger partial charge in [-0.05, 0) is 55.7 Å². The molecule has 11 heteroatoms. The van der Waals surface area contributed by atoms with Crippen LogP contribution in [0.2, 0.25) is 5.02 Å². The van der Waals surface area contributed by atoms with Gasteiger partial charge in [0.1, 0.15) is 10.7 Å². The van der Waals surface area contributed by atoms with Crippen molar-refractivity contribution in [3.8, 4) is 11.4 Å². The molecule has 1 aromatic heterocycles. The summed E-state index contributed by atoms with van der Waals surface area (Å²) in [6.07, 6.45) is 1.02. The molecule has 1 aliphatic heterocycles. The summed E-state index contributed by atoms with van der Waals surface area (Å²) in [4.78, 5) is 16.8. The van der Waals surface area contributed by atoms with Gasteiger partial charge in [-0.15, -0.1) is 0 Å². The minimum absolute atomic E-state index is 0.00954. The number of carbonyl (C=O) groups excluding carboxylic acids is 1. The Morgan fingerprint density at radius 2 is 2.03 bits per heavy atom. The van der Waals surface area contributed by atoms with E-state index >= 15 is 0 Å². The zero-order valence-electron chi connectivity index (χ0n) is 18.0. The summed E-state index contributed by atoms with van der Waals surface area (Å²) in [6.45, 7) is 3.51. The van der Waals surface area contributed by atoms with E-state index in [1.54, 1.807) is 32.0 Å². The minimum atomic E-state index is -3.99. The van der Waals surface area contributed by atoms with Gasteiger partial charge in [-0.25, -0.2) is 12.8 Å². The summed E-state index contributed by atoms with van der Waals surface area (Å²) in [7, 11) is -3.99. The third kappa shape index (κ3) is 4.92. The lowest BCUT2D eigenvalue weighted by atomic mass is 9.98. The number of carbonyl (C=O) groups is 1. The highest BCUT2D eigenvalue weighted by molar-refractivity contribution is 7.89. The Bertz CT molecular complexity index is 1310. The summed E-state index contributed by atoms with van der Waals surface area (Å²) in [5.74, 6) is -0.767. The molecule has 1 saturated heterocycles. The summed E-state index contributed by atoms with van der Waals surface area (Å²) in [5.41, 5.74) is 1.25. The highest BCUT2D eigenvalue weighted by atomic mass is 35.5. The van der Waals surface area contributed by atoms with Gasteiger partial charge in [-0.2, -0.15) is 9.29 Å². The van der Waals surface area contributed by atoms with Crippen molar-refractivity contribution in [3.63, 3.8) is 0 Å². The number of sulfonamides is 1. The highest BCUT2D eigenvalue weighted by Gasteiger charge is 2.34. The predicted molar refractivity (Wildman–Crippen MR) is 121 cm³/mol. The highest BCUT2D eigenvalue weighted by Crippen LogP contribution is 2.32. The standard InChI is InChI=1S/C22H22ClFN4O4S/c1-13-5-7-17(11-19(13)24)26-22(29)16-4-3-9-28(12-16)33(30,31)20-10-15(6-8-18(20)23)21-25-14(2)32-27-21/h5-8,10-11,16H,3-4,9,12H2,1-2H3,(H,26,29)/t16-/m1/s1. The largest absolute Gasteiger partial charge is 0.339 e. The molecule has 0 aliphatic carbocycles. The van der Waals surface area contributed by atoms with E-state index < -0.39 is 21.8 Å². The van der Waals surface area contributed by atoms with Gasteiger partial charge in [-0.1, -0.05) is 22.8 Å². The van der Waals surface area contributed by atoms with Gasteiger partial charge in [0.25, 0.3) is 0 Å². The van der Waals surface area contributed by atoms with E-state index in [0.29, 0.717) is 35.5 Å². The number of aromatic nitrogens is 2. The molecule has 0 bridgehead atoms. The molecule has 1 fully saturated rings. The molecule has 33 heavy (non-hydrogen) atoms. The maximum atomic E-state index is 13.8. The van der Waals surface area contributed by atoms with Crippen molar-refractivity contribution >= 4 is 33.2 Å². The second-order valence-electron chi connectivity index (χ2n) is 7.94. The second kappa shape index (κ2) is 9.20. The Morgan fingerprint density at radius 1 is 1.24 bits per heavy atom. The van der Waals surface area contributed by atoms with Crippen LogP contribution in [0.1, 0.15) is 24.3 Å². The van der Waals surface area contributed by atoms with Crippen molar-refractivity contribution in [2.75, 3.05) is 18.4 Å². The number of aryl methyl sites for hydroxylation is 2. The third-order valence-electron chi connectivity index (χ3n) is 5.53. The van der Waals surface area contributed by atoms with Crippen LogP contribution in [0.4, 0.5) is 10.1 Å². The number of hydrogen-bond donors (Lipinski definition) is 1. The van der Waals surface area contributed by atoms with E-state index in [1.165, 1.54) is 22.5 Å². The molecule has 1 N–H and O–H groups in total. The van der Waals surface area contributed by atoms with Crippen LogP contribution in [-0.2, 0) is 14.8 Å². The number of anilines is 1. The Labute approximate surface area is 195 Å². The SMILES string of the molecule is Cc1nc(-c2ccc(Cl)c(S(=O)(=O)N3CCC[C@@H](C(=O)Nc4ccc(C)c(F)c4)C3)c2)no1. The summed E-state index contributed by atoms with van der Waals surface area (Å²) < 4.78 is 46.8. The molecule has 2 aromatic carbocycles. The number of nitrogens with zero attached hydrogens (tertiary/aromatic N) is 3. The van der Waals surface area contributed by atoms with Gasteiger partial charge >= 0.3 is 0 Å². The fourth-order valence-electron chi connectivity index (χ4n) is 3.69. The van der Waals surface area contributed by atoms with Crippen LogP contribution in [0.25, 0.3) is 11.4 Å². The first-order valence-electron chi connectivity index (χ1n) is 10.3. The third-order valence-corrected chi connectivity index (χ3v) is 7.88. The first kappa shape index (κ1) is 23.3. The molecule has 8 nitrogen and oxygen atoms in total. The molecule has 0 unspecified atom stereocenters. The van der Waals surface area contributed by atoms with Gasteiger partial charge in [0.2, 0.25) is 27.6 Å². The fourth-order valence-corrected chi connectivity index (χ4v) is 5.71. The zero-order chi connectivity index (χ0) is 23.8. The van der Waals surface area contributed by atoms with Crippen LogP contribution in [0.5, 0.6) is 0 Å². The molecular weight excluding hydrogens is 471 g/mol. The van der Waals surface area contributed by atoms with Crippen molar-refractivity contribution in [1.82, 2.24) is 14.4 Å². The minimum Gasteiger partial charge on any atom is -0.339 e. The molecule has 0 radical (unpaired) electrons. The van der Waals surface area contributed by atoms with Gasteiger partial charge in [0.15, 0.2) is 0 Å². The Balaban J connectivity index is 1.54.